The molecule has 1 amide bonds. The predicted octanol–water partition coefficient (Wildman–Crippen LogP) is 1.27. The van der Waals surface area contributed by atoms with Gasteiger partial charge in [-0.15, -0.1) is 0 Å². The molecule has 4 rings (SSSR count). The minimum Gasteiger partial charge on any atom is -0.359 e. The number of carbonyl (C=O) groups excluding carboxylic acids is 1. The molecule has 0 unspecified atom stereocenters. The van der Waals surface area contributed by atoms with E-state index in [4.69, 9.17) is 4.52 Å². The van der Waals surface area contributed by atoms with E-state index in [0.29, 0.717) is 11.5 Å². The van der Waals surface area contributed by atoms with Gasteiger partial charge >= 0.3 is 0 Å². The van der Waals surface area contributed by atoms with Crippen LogP contribution in [0.3, 0.4) is 0 Å². The zero-order valence-electron chi connectivity index (χ0n) is 17.7. The first-order valence-electron chi connectivity index (χ1n) is 9.72. The first-order chi connectivity index (χ1) is 14.5. The first-order valence-corrected chi connectivity index (χ1v) is 11.2. The van der Waals surface area contributed by atoms with Gasteiger partial charge in [-0.1, -0.05) is 11.2 Å². The van der Waals surface area contributed by atoms with E-state index in [0.717, 1.165) is 17.5 Å². The normalized spacial score (nSPS) is 15.2. The molecule has 0 aliphatic heterocycles. The number of rotatable bonds is 6. The lowest BCUT2D eigenvalue weighted by molar-refractivity contribution is 0.0821. The van der Waals surface area contributed by atoms with Gasteiger partial charge in [0.1, 0.15) is 6.54 Å². The van der Waals surface area contributed by atoms with E-state index < -0.39 is 27.0 Å². The first kappa shape index (κ1) is 21.2. The second-order valence-electron chi connectivity index (χ2n) is 8.32. The van der Waals surface area contributed by atoms with Gasteiger partial charge in [0.15, 0.2) is 11.5 Å². The molecule has 1 aliphatic carbocycles. The zero-order chi connectivity index (χ0) is 22.6. The number of nitrogens with one attached hydrogen (secondary N) is 1. The number of nitrogens with zero attached hydrogens (tertiary/aromatic N) is 4. The van der Waals surface area contributed by atoms with Crippen LogP contribution in [0.15, 0.2) is 38.5 Å². The van der Waals surface area contributed by atoms with Gasteiger partial charge in [-0.25, -0.2) is 17.8 Å². The van der Waals surface area contributed by atoms with Crippen molar-refractivity contribution < 1.29 is 17.7 Å². The summed E-state index contributed by atoms with van der Waals surface area (Å²) in [5.41, 5.74) is -0.306. The maximum Gasteiger partial charge on any atom is 0.275 e. The number of fused-ring (bicyclic) bond motifs is 1. The lowest BCUT2D eigenvalue weighted by Crippen LogP contribution is -2.34. The molecule has 0 saturated heterocycles. The molecular weight excluding hydrogens is 422 g/mol. The van der Waals surface area contributed by atoms with Crippen molar-refractivity contribution in [2.24, 2.45) is 0 Å². The Bertz CT molecular complexity index is 1350. The summed E-state index contributed by atoms with van der Waals surface area (Å²) in [5.74, 6) is -0.0199. The number of aryl methyl sites for hydroxylation is 1. The Balaban J connectivity index is 1.89. The summed E-state index contributed by atoms with van der Waals surface area (Å²) >= 11 is 0. The van der Waals surface area contributed by atoms with Crippen molar-refractivity contribution in [3.05, 3.63) is 51.8 Å². The summed E-state index contributed by atoms with van der Waals surface area (Å²) in [6.07, 6.45) is 1.52. The van der Waals surface area contributed by atoms with E-state index in [1.54, 1.807) is 27.1 Å². The average Bonchev–Trinajstić information content (AvgIpc) is 3.27. The van der Waals surface area contributed by atoms with Crippen molar-refractivity contribution in [1.29, 1.82) is 0 Å². The van der Waals surface area contributed by atoms with E-state index in [1.165, 1.54) is 23.1 Å². The third-order valence-corrected chi connectivity index (χ3v) is 6.85. The van der Waals surface area contributed by atoms with Crippen molar-refractivity contribution >= 4 is 26.7 Å². The van der Waals surface area contributed by atoms with Crippen molar-refractivity contribution in [1.82, 2.24) is 24.6 Å². The van der Waals surface area contributed by atoms with E-state index in [-0.39, 0.29) is 27.9 Å². The van der Waals surface area contributed by atoms with Gasteiger partial charge in [0.2, 0.25) is 10.0 Å². The fraction of sp³-hybridized carbons (Fsp3) is 0.400. The van der Waals surface area contributed by atoms with Crippen LogP contribution in [0.2, 0.25) is 0 Å². The molecule has 1 saturated carbocycles. The summed E-state index contributed by atoms with van der Waals surface area (Å²) < 4.78 is 34.6. The number of sulfonamides is 1. The predicted molar refractivity (Wildman–Crippen MR) is 112 cm³/mol. The van der Waals surface area contributed by atoms with Crippen LogP contribution in [-0.4, -0.2) is 53.8 Å². The SMILES string of the molecule is Cc1cc(Cn2nc(C(=O)N(C)C)c3ccc(S(=O)(=O)NC4(C)CC4)cc3c2=O)on1. The maximum atomic E-state index is 13.2. The number of amides is 1. The Morgan fingerprint density at radius 3 is 2.55 bits per heavy atom. The van der Waals surface area contributed by atoms with Gasteiger partial charge < -0.3 is 9.42 Å². The van der Waals surface area contributed by atoms with Crippen molar-refractivity contribution in [2.45, 2.75) is 43.7 Å². The van der Waals surface area contributed by atoms with Gasteiger partial charge in [-0.05, 0) is 38.8 Å². The van der Waals surface area contributed by atoms with Gasteiger partial charge in [0.05, 0.1) is 16.0 Å². The van der Waals surface area contributed by atoms with Crippen LogP contribution in [0, 0.1) is 6.92 Å². The highest BCUT2D eigenvalue weighted by Crippen LogP contribution is 2.36. The summed E-state index contributed by atoms with van der Waals surface area (Å²) in [5, 5.41) is 8.41. The molecule has 2 aromatic heterocycles. The number of hydrogen-bond donors (Lipinski definition) is 1. The third-order valence-electron chi connectivity index (χ3n) is 5.21. The van der Waals surface area contributed by atoms with Crippen LogP contribution >= 0.6 is 0 Å². The Labute approximate surface area is 178 Å². The summed E-state index contributed by atoms with van der Waals surface area (Å²) in [6.45, 7) is 3.53. The Hall–Kier alpha value is -3.05. The molecule has 10 nitrogen and oxygen atoms in total. The largest absolute Gasteiger partial charge is 0.359 e. The van der Waals surface area contributed by atoms with Crippen LogP contribution in [0.4, 0.5) is 0 Å². The number of carbonyl (C=O) groups is 1. The molecule has 0 bridgehead atoms. The minimum absolute atomic E-state index is 0.0401. The molecule has 2 heterocycles. The Kier molecular flexibility index (Phi) is 4.97. The lowest BCUT2D eigenvalue weighted by atomic mass is 10.1. The molecule has 1 N–H and O–H groups in total. The molecule has 11 heteroatoms. The topological polar surface area (TPSA) is 127 Å². The minimum atomic E-state index is -3.82. The molecule has 164 valence electrons. The average molecular weight is 446 g/mol. The molecule has 1 fully saturated rings. The highest BCUT2D eigenvalue weighted by molar-refractivity contribution is 7.89. The third kappa shape index (κ3) is 4.10. The highest BCUT2D eigenvalue weighted by atomic mass is 32.2. The number of aromatic nitrogens is 3. The zero-order valence-corrected chi connectivity index (χ0v) is 18.5. The summed E-state index contributed by atoms with van der Waals surface area (Å²) in [4.78, 5) is 27.2. The molecule has 1 aromatic carbocycles. The molecule has 0 atom stereocenters. The molecule has 31 heavy (non-hydrogen) atoms. The van der Waals surface area contributed by atoms with Crippen LogP contribution in [-0.2, 0) is 16.6 Å². The van der Waals surface area contributed by atoms with E-state index in [2.05, 4.69) is 15.0 Å². The summed E-state index contributed by atoms with van der Waals surface area (Å²) in [7, 11) is -0.677. The standard InChI is InChI=1S/C20H23N5O5S/c1-12-9-13(30-22-12)11-25-18(26)16-10-14(31(28,29)23-20(2)7-8-20)5-6-15(16)17(21-25)19(27)24(3)4/h5-6,9-10,23H,7-8,11H2,1-4H3. The highest BCUT2D eigenvalue weighted by Gasteiger charge is 2.41. The van der Waals surface area contributed by atoms with Gasteiger partial charge in [0.25, 0.3) is 11.5 Å². The van der Waals surface area contributed by atoms with Crippen LogP contribution in [0.1, 0.15) is 41.7 Å². The van der Waals surface area contributed by atoms with E-state index in [9.17, 15) is 18.0 Å². The quantitative estimate of drug-likeness (QED) is 0.605. The molecular formula is C20H23N5O5S. The smallest absolute Gasteiger partial charge is 0.275 e. The molecule has 3 aromatic rings. The maximum absolute atomic E-state index is 13.2. The van der Waals surface area contributed by atoms with Crippen LogP contribution in [0.5, 0.6) is 0 Å². The van der Waals surface area contributed by atoms with Gasteiger partial charge in [-0.3, -0.25) is 9.59 Å². The van der Waals surface area contributed by atoms with E-state index in [1.807, 2.05) is 6.92 Å². The van der Waals surface area contributed by atoms with Gasteiger partial charge in [0, 0.05) is 31.1 Å². The Morgan fingerprint density at radius 2 is 1.97 bits per heavy atom. The summed E-state index contributed by atoms with van der Waals surface area (Å²) in [6, 6.07) is 5.79. The second-order valence-corrected chi connectivity index (χ2v) is 10.0. The monoisotopic (exact) mass is 445 g/mol. The molecule has 0 spiro atoms. The fourth-order valence-corrected chi connectivity index (χ4v) is 4.71. The van der Waals surface area contributed by atoms with Gasteiger partial charge in [-0.2, -0.15) is 5.10 Å². The van der Waals surface area contributed by atoms with Crippen molar-refractivity contribution in [3.8, 4) is 0 Å². The van der Waals surface area contributed by atoms with E-state index >= 15 is 0 Å². The lowest BCUT2D eigenvalue weighted by Gasteiger charge is -2.15. The number of benzene rings is 1. The fourth-order valence-electron chi connectivity index (χ4n) is 3.22. The molecule has 1 aliphatic rings. The number of hydrogen-bond acceptors (Lipinski definition) is 7. The van der Waals surface area contributed by atoms with Crippen LogP contribution in [0.25, 0.3) is 10.8 Å². The van der Waals surface area contributed by atoms with Crippen molar-refractivity contribution in [3.63, 3.8) is 0 Å². The van der Waals surface area contributed by atoms with Crippen LogP contribution < -0.4 is 10.3 Å². The Morgan fingerprint density at radius 1 is 1.26 bits per heavy atom. The second kappa shape index (κ2) is 7.27. The van der Waals surface area contributed by atoms with Crippen molar-refractivity contribution in [2.75, 3.05) is 14.1 Å². The molecule has 0 radical (unpaired) electrons.